The number of hydrogen-bond acceptors (Lipinski definition) is 3. The average molecular weight is 415 g/mol. The molecule has 1 heterocycles. The number of ether oxygens (including phenoxy) is 1. The van der Waals surface area contributed by atoms with Crippen molar-refractivity contribution in [1.82, 2.24) is 4.90 Å². The minimum Gasteiger partial charge on any atom is -0.497 e. The van der Waals surface area contributed by atoms with Crippen molar-refractivity contribution >= 4 is 17.5 Å². The van der Waals surface area contributed by atoms with Gasteiger partial charge in [-0.3, -0.25) is 9.59 Å². The minimum atomic E-state index is -0.374. The van der Waals surface area contributed by atoms with Gasteiger partial charge in [0.25, 0.3) is 5.91 Å². The van der Waals surface area contributed by atoms with Gasteiger partial charge < -0.3 is 15.0 Å². The van der Waals surface area contributed by atoms with E-state index in [9.17, 15) is 9.59 Å². The third-order valence-electron chi connectivity index (χ3n) is 5.75. The molecule has 1 atom stereocenters. The van der Waals surface area contributed by atoms with E-state index < -0.39 is 0 Å². The highest BCUT2D eigenvalue weighted by molar-refractivity contribution is 5.99. The first-order valence-electron chi connectivity index (χ1n) is 10.5. The van der Waals surface area contributed by atoms with E-state index >= 15 is 0 Å². The fourth-order valence-electron chi connectivity index (χ4n) is 3.97. The summed E-state index contributed by atoms with van der Waals surface area (Å²) in [7, 11) is 1.62. The lowest BCUT2D eigenvalue weighted by molar-refractivity contribution is -0.117. The van der Waals surface area contributed by atoms with Gasteiger partial charge in [0.05, 0.1) is 19.6 Å². The van der Waals surface area contributed by atoms with Crippen LogP contribution in [0.4, 0.5) is 5.69 Å². The van der Waals surface area contributed by atoms with Crippen LogP contribution in [0, 0.1) is 0 Å². The molecule has 5 nitrogen and oxygen atoms in total. The smallest absolute Gasteiger partial charge is 0.255 e. The second-order valence-electron chi connectivity index (χ2n) is 7.68. The molecule has 0 fully saturated rings. The number of methoxy groups -OCH3 is 1. The van der Waals surface area contributed by atoms with Crippen molar-refractivity contribution in [1.29, 1.82) is 0 Å². The second-order valence-corrected chi connectivity index (χ2v) is 7.68. The van der Waals surface area contributed by atoms with Gasteiger partial charge in [0.2, 0.25) is 5.91 Å². The molecule has 0 radical (unpaired) electrons. The van der Waals surface area contributed by atoms with Crippen LogP contribution >= 0.6 is 0 Å². The van der Waals surface area contributed by atoms with Gasteiger partial charge in [0, 0.05) is 17.8 Å². The molecule has 5 heteroatoms. The van der Waals surface area contributed by atoms with E-state index in [2.05, 4.69) is 12.2 Å². The Morgan fingerprint density at radius 2 is 1.74 bits per heavy atom. The number of benzene rings is 3. The molecule has 1 aliphatic rings. The van der Waals surface area contributed by atoms with Gasteiger partial charge in [-0.25, -0.2) is 0 Å². The van der Waals surface area contributed by atoms with Crippen LogP contribution < -0.4 is 10.1 Å². The van der Waals surface area contributed by atoms with Crippen LogP contribution in [0.2, 0.25) is 0 Å². The Kier molecular flexibility index (Phi) is 6.03. The zero-order valence-electron chi connectivity index (χ0n) is 17.8. The molecule has 2 amide bonds. The van der Waals surface area contributed by atoms with Crippen LogP contribution in [0.1, 0.15) is 46.4 Å². The van der Waals surface area contributed by atoms with E-state index in [1.165, 1.54) is 5.56 Å². The first kappa shape index (κ1) is 20.7. The molecule has 1 N–H and O–H groups in total. The van der Waals surface area contributed by atoms with Crippen molar-refractivity contribution < 1.29 is 14.3 Å². The number of amides is 2. The first-order valence-corrected chi connectivity index (χ1v) is 10.5. The molecule has 31 heavy (non-hydrogen) atoms. The summed E-state index contributed by atoms with van der Waals surface area (Å²) in [6.45, 7) is 2.59. The van der Waals surface area contributed by atoms with Gasteiger partial charge in [-0.05, 0) is 53.4 Å². The van der Waals surface area contributed by atoms with Crippen LogP contribution in [0.25, 0.3) is 0 Å². The average Bonchev–Trinajstić information content (AvgIpc) is 3.14. The SMILES string of the molecule is CCc1ccc(NC(=O)C[C@H](c2ccc(OC)cc2)N2Cc3ccccc3C2=O)cc1. The molecule has 0 saturated carbocycles. The zero-order chi connectivity index (χ0) is 21.8. The molecular weight excluding hydrogens is 388 g/mol. The lowest BCUT2D eigenvalue weighted by Crippen LogP contribution is -2.32. The van der Waals surface area contributed by atoms with Gasteiger partial charge in [0.15, 0.2) is 0 Å². The van der Waals surface area contributed by atoms with Gasteiger partial charge in [-0.2, -0.15) is 0 Å². The van der Waals surface area contributed by atoms with Crippen LogP contribution in [0.15, 0.2) is 72.8 Å². The van der Waals surface area contributed by atoms with Crippen molar-refractivity contribution in [3.05, 3.63) is 95.1 Å². The minimum absolute atomic E-state index is 0.0449. The van der Waals surface area contributed by atoms with Gasteiger partial charge >= 0.3 is 0 Å². The van der Waals surface area contributed by atoms with E-state index in [-0.39, 0.29) is 24.3 Å². The van der Waals surface area contributed by atoms with E-state index in [0.717, 1.165) is 29.0 Å². The Morgan fingerprint density at radius 3 is 2.39 bits per heavy atom. The summed E-state index contributed by atoms with van der Waals surface area (Å²) >= 11 is 0. The Labute approximate surface area is 182 Å². The molecular formula is C26H26N2O3. The summed E-state index contributed by atoms with van der Waals surface area (Å²) in [5.74, 6) is 0.560. The van der Waals surface area contributed by atoms with E-state index in [1.807, 2.05) is 72.8 Å². The highest BCUT2D eigenvalue weighted by atomic mass is 16.5. The Balaban J connectivity index is 1.57. The van der Waals surface area contributed by atoms with Crippen LogP contribution in [-0.4, -0.2) is 23.8 Å². The number of carbonyl (C=O) groups excluding carboxylic acids is 2. The molecule has 1 aliphatic heterocycles. The largest absolute Gasteiger partial charge is 0.497 e. The van der Waals surface area contributed by atoms with E-state index in [1.54, 1.807) is 12.0 Å². The number of nitrogens with zero attached hydrogens (tertiary/aromatic N) is 1. The quantitative estimate of drug-likeness (QED) is 0.593. The van der Waals surface area contributed by atoms with Crippen LogP contribution in [-0.2, 0) is 17.8 Å². The predicted octanol–water partition coefficient (Wildman–Crippen LogP) is 4.98. The molecule has 0 aromatic heterocycles. The van der Waals surface area contributed by atoms with Crippen LogP contribution in [0.3, 0.4) is 0 Å². The molecule has 158 valence electrons. The fourth-order valence-corrected chi connectivity index (χ4v) is 3.97. The summed E-state index contributed by atoms with van der Waals surface area (Å²) in [4.78, 5) is 27.8. The fraction of sp³-hybridized carbons (Fsp3) is 0.231. The van der Waals surface area contributed by atoms with Gasteiger partial charge in [-0.15, -0.1) is 0 Å². The summed E-state index contributed by atoms with van der Waals surface area (Å²) in [5.41, 5.74) is 4.57. The van der Waals surface area contributed by atoms with E-state index in [0.29, 0.717) is 12.1 Å². The van der Waals surface area contributed by atoms with Crippen molar-refractivity contribution in [2.75, 3.05) is 12.4 Å². The third kappa shape index (κ3) is 4.45. The first-order chi connectivity index (χ1) is 15.1. The highest BCUT2D eigenvalue weighted by Crippen LogP contribution is 2.34. The standard InChI is InChI=1S/C26H26N2O3/c1-3-18-8-12-21(13-9-18)27-25(29)16-24(19-10-14-22(31-2)15-11-19)28-17-20-6-4-5-7-23(20)26(28)30/h4-15,24H,3,16-17H2,1-2H3,(H,27,29)/t24-/m1/s1. The number of hydrogen-bond donors (Lipinski definition) is 1. The normalized spacial score (nSPS) is 13.6. The van der Waals surface area contributed by atoms with Crippen molar-refractivity contribution in [2.24, 2.45) is 0 Å². The number of rotatable bonds is 7. The molecule has 0 unspecified atom stereocenters. The van der Waals surface area contributed by atoms with Gasteiger partial charge in [0.1, 0.15) is 5.75 Å². The molecule has 0 aliphatic carbocycles. The summed E-state index contributed by atoms with van der Waals surface area (Å²) in [6, 6.07) is 22.6. The van der Waals surface area contributed by atoms with E-state index in [4.69, 9.17) is 4.74 Å². The maximum Gasteiger partial charge on any atom is 0.255 e. The van der Waals surface area contributed by atoms with Gasteiger partial charge in [-0.1, -0.05) is 49.4 Å². The molecule has 0 bridgehead atoms. The summed E-state index contributed by atoms with van der Waals surface area (Å²) in [5, 5.41) is 2.97. The predicted molar refractivity (Wildman–Crippen MR) is 121 cm³/mol. The lowest BCUT2D eigenvalue weighted by atomic mass is 10.0. The summed E-state index contributed by atoms with van der Waals surface area (Å²) < 4.78 is 5.27. The van der Waals surface area contributed by atoms with Crippen molar-refractivity contribution in [3.63, 3.8) is 0 Å². The summed E-state index contributed by atoms with van der Waals surface area (Å²) in [6.07, 6.45) is 1.12. The van der Waals surface area contributed by atoms with Crippen LogP contribution in [0.5, 0.6) is 5.75 Å². The molecule has 0 saturated heterocycles. The maximum absolute atomic E-state index is 13.1. The second kappa shape index (κ2) is 9.04. The number of aryl methyl sites for hydroxylation is 1. The topological polar surface area (TPSA) is 58.6 Å². The molecule has 4 rings (SSSR count). The molecule has 0 spiro atoms. The highest BCUT2D eigenvalue weighted by Gasteiger charge is 2.34. The Hall–Kier alpha value is -3.60. The Morgan fingerprint density at radius 1 is 1.03 bits per heavy atom. The van der Waals surface area contributed by atoms with Crippen molar-refractivity contribution in [2.45, 2.75) is 32.4 Å². The molecule has 3 aromatic carbocycles. The zero-order valence-corrected chi connectivity index (χ0v) is 17.8. The van der Waals surface area contributed by atoms with Crippen molar-refractivity contribution in [3.8, 4) is 5.75 Å². The number of carbonyl (C=O) groups is 2. The lowest BCUT2D eigenvalue weighted by Gasteiger charge is -2.28. The number of nitrogens with one attached hydrogen (secondary N) is 1. The third-order valence-corrected chi connectivity index (χ3v) is 5.75. The maximum atomic E-state index is 13.1. The molecule has 3 aromatic rings. The Bertz CT molecular complexity index is 1070. The monoisotopic (exact) mass is 414 g/mol. The number of anilines is 1. The number of fused-ring (bicyclic) bond motifs is 1.